The van der Waals surface area contributed by atoms with Gasteiger partial charge in [0, 0.05) is 0 Å². The van der Waals surface area contributed by atoms with Gasteiger partial charge >= 0.3 is 11.9 Å². The summed E-state index contributed by atoms with van der Waals surface area (Å²) in [6, 6.07) is 3.20. The first-order valence-electron chi connectivity index (χ1n) is 4.44. The first kappa shape index (κ1) is 12.3. The summed E-state index contributed by atoms with van der Waals surface area (Å²) in [6.45, 7) is 1.44. The van der Waals surface area contributed by atoms with Crippen LogP contribution in [0.4, 0.5) is 5.69 Å². The Kier molecular flexibility index (Phi) is 3.73. The average molecular weight is 244 g/mol. The number of aromatic carboxylic acids is 1. The van der Waals surface area contributed by atoms with Crippen LogP contribution in [-0.4, -0.2) is 28.2 Å². The maximum atomic E-state index is 10.7. The van der Waals surface area contributed by atoms with Crippen LogP contribution in [-0.2, 0) is 4.79 Å². The molecule has 0 aliphatic carbocycles. The summed E-state index contributed by atoms with van der Waals surface area (Å²) in [5, 5.41) is 20.3. The Labute approximate surface area is 96.7 Å². The smallest absolute Gasteiger partial charge is 0.335 e. The third-order valence-corrected chi connectivity index (χ3v) is 2.29. The number of hydrogen-bond donors (Lipinski definition) is 3. The van der Waals surface area contributed by atoms with Crippen LogP contribution in [0.25, 0.3) is 0 Å². The SMILES string of the molecule is CC(Nc1cc(C(=O)O)ccc1Cl)C(=O)O. The number of carbonyl (C=O) groups is 2. The van der Waals surface area contributed by atoms with E-state index in [-0.39, 0.29) is 16.3 Å². The van der Waals surface area contributed by atoms with Crippen LogP contribution in [0.2, 0.25) is 5.02 Å². The van der Waals surface area contributed by atoms with E-state index in [0.29, 0.717) is 0 Å². The molecule has 0 spiro atoms. The summed E-state index contributed by atoms with van der Waals surface area (Å²) >= 11 is 5.80. The molecule has 86 valence electrons. The molecule has 3 N–H and O–H groups in total. The number of hydrogen-bond acceptors (Lipinski definition) is 3. The molecule has 0 aliphatic rings. The number of carboxylic acids is 2. The number of halogens is 1. The second-order valence-electron chi connectivity index (χ2n) is 3.20. The predicted molar refractivity (Wildman–Crippen MR) is 59.1 cm³/mol. The topological polar surface area (TPSA) is 86.6 Å². The molecule has 1 atom stereocenters. The number of anilines is 1. The number of carboxylic acid groups (broad SMARTS) is 2. The van der Waals surface area contributed by atoms with Gasteiger partial charge in [-0.1, -0.05) is 11.6 Å². The molecule has 0 saturated carbocycles. The van der Waals surface area contributed by atoms with Gasteiger partial charge in [-0.2, -0.15) is 0 Å². The Hall–Kier alpha value is -1.75. The lowest BCUT2D eigenvalue weighted by molar-refractivity contribution is -0.137. The van der Waals surface area contributed by atoms with Gasteiger partial charge in [0.25, 0.3) is 0 Å². The monoisotopic (exact) mass is 243 g/mol. The number of benzene rings is 1. The predicted octanol–water partition coefficient (Wildman–Crippen LogP) is 1.92. The van der Waals surface area contributed by atoms with E-state index >= 15 is 0 Å². The second-order valence-corrected chi connectivity index (χ2v) is 3.61. The molecular weight excluding hydrogens is 234 g/mol. The van der Waals surface area contributed by atoms with Crippen LogP contribution in [0.5, 0.6) is 0 Å². The van der Waals surface area contributed by atoms with Crippen molar-refractivity contribution in [3.8, 4) is 0 Å². The van der Waals surface area contributed by atoms with Crippen molar-refractivity contribution in [2.75, 3.05) is 5.32 Å². The highest BCUT2D eigenvalue weighted by Gasteiger charge is 2.13. The molecule has 0 aliphatic heterocycles. The summed E-state index contributed by atoms with van der Waals surface area (Å²) in [5.74, 6) is -2.14. The molecule has 1 rings (SSSR count). The van der Waals surface area contributed by atoms with E-state index in [4.69, 9.17) is 21.8 Å². The van der Waals surface area contributed by atoms with E-state index in [1.165, 1.54) is 25.1 Å². The highest BCUT2D eigenvalue weighted by molar-refractivity contribution is 6.33. The third kappa shape index (κ3) is 2.87. The highest BCUT2D eigenvalue weighted by atomic mass is 35.5. The van der Waals surface area contributed by atoms with E-state index in [0.717, 1.165) is 0 Å². The van der Waals surface area contributed by atoms with Gasteiger partial charge in [-0.25, -0.2) is 4.79 Å². The first-order chi connectivity index (χ1) is 7.41. The van der Waals surface area contributed by atoms with Gasteiger partial charge in [0.15, 0.2) is 0 Å². The van der Waals surface area contributed by atoms with Gasteiger partial charge in [-0.3, -0.25) is 4.79 Å². The summed E-state index contributed by atoms with van der Waals surface area (Å²) in [7, 11) is 0. The zero-order valence-corrected chi connectivity index (χ0v) is 9.15. The fraction of sp³-hybridized carbons (Fsp3) is 0.200. The molecule has 0 saturated heterocycles. The molecule has 1 aromatic carbocycles. The lowest BCUT2D eigenvalue weighted by Crippen LogP contribution is -2.25. The van der Waals surface area contributed by atoms with Crippen molar-refractivity contribution in [2.45, 2.75) is 13.0 Å². The zero-order valence-electron chi connectivity index (χ0n) is 8.40. The Bertz CT molecular complexity index is 433. The molecule has 0 heterocycles. The van der Waals surface area contributed by atoms with E-state index in [1.54, 1.807) is 0 Å². The summed E-state index contributed by atoms with van der Waals surface area (Å²) in [6.07, 6.45) is 0. The minimum atomic E-state index is -1.09. The van der Waals surface area contributed by atoms with Crippen LogP contribution in [0.1, 0.15) is 17.3 Å². The normalized spacial score (nSPS) is 11.9. The molecule has 5 nitrogen and oxygen atoms in total. The molecule has 0 fully saturated rings. The zero-order chi connectivity index (χ0) is 12.3. The molecule has 0 bridgehead atoms. The van der Waals surface area contributed by atoms with E-state index < -0.39 is 18.0 Å². The lowest BCUT2D eigenvalue weighted by atomic mass is 10.2. The van der Waals surface area contributed by atoms with Crippen molar-refractivity contribution in [1.29, 1.82) is 0 Å². The van der Waals surface area contributed by atoms with Crippen LogP contribution in [0.15, 0.2) is 18.2 Å². The third-order valence-electron chi connectivity index (χ3n) is 1.96. The number of aliphatic carboxylic acids is 1. The Morgan fingerprint density at radius 2 is 2.00 bits per heavy atom. The van der Waals surface area contributed by atoms with Crippen molar-refractivity contribution < 1.29 is 19.8 Å². The molecule has 0 amide bonds. The minimum Gasteiger partial charge on any atom is -0.480 e. The summed E-state index contributed by atoms with van der Waals surface area (Å²) < 4.78 is 0. The molecular formula is C10H10ClNO4. The van der Waals surface area contributed by atoms with Gasteiger partial charge in [0.05, 0.1) is 16.3 Å². The maximum absolute atomic E-state index is 10.7. The fourth-order valence-corrected chi connectivity index (χ4v) is 1.24. The van der Waals surface area contributed by atoms with E-state index in [9.17, 15) is 9.59 Å². The Balaban J connectivity index is 2.98. The van der Waals surface area contributed by atoms with Crippen LogP contribution < -0.4 is 5.32 Å². The molecule has 1 unspecified atom stereocenters. The van der Waals surface area contributed by atoms with Gasteiger partial charge in [-0.15, -0.1) is 0 Å². The fourth-order valence-electron chi connectivity index (χ4n) is 1.06. The molecule has 0 radical (unpaired) electrons. The van der Waals surface area contributed by atoms with E-state index in [1.807, 2.05) is 0 Å². The van der Waals surface area contributed by atoms with Crippen molar-refractivity contribution in [1.82, 2.24) is 0 Å². The van der Waals surface area contributed by atoms with Crippen LogP contribution >= 0.6 is 11.6 Å². The lowest BCUT2D eigenvalue weighted by Gasteiger charge is -2.12. The second kappa shape index (κ2) is 4.85. The maximum Gasteiger partial charge on any atom is 0.335 e. The summed E-state index contributed by atoms with van der Waals surface area (Å²) in [5.41, 5.74) is 0.334. The molecule has 6 heteroatoms. The van der Waals surface area contributed by atoms with Crippen LogP contribution in [0.3, 0.4) is 0 Å². The highest BCUT2D eigenvalue weighted by Crippen LogP contribution is 2.23. The summed E-state index contributed by atoms with van der Waals surface area (Å²) in [4.78, 5) is 21.3. The van der Waals surface area contributed by atoms with Gasteiger partial charge < -0.3 is 15.5 Å². The van der Waals surface area contributed by atoms with Crippen molar-refractivity contribution in [3.63, 3.8) is 0 Å². The Morgan fingerprint density at radius 3 is 2.50 bits per heavy atom. The minimum absolute atomic E-state index is 0.0458. The van der Waals surface area contributed by atoms with Gasteiger partial charge in [0.1, 0.15) is 6.04 Å². The van der Waals surface area contributed by atoms with Crippen molar-refractivity contribution in [3.05, 3.63) is 28.8 Å². The average Bonchev–Trinajstić information content (AvgIpc) is 2.20. The first-order valence-corrected chi connectivity index (χ1v) is 4.82. The molecule has 1 aromatic rings. The van der Waals surface area contributed by atoms with Crippen molar-refractivity contribution >= 4 is 29.2 Å². The van der Waals surface area contributed by atoms with Crippen molar-refractivity contribution in [2.24, 2.45) is 0 Å². The van der Waals surface area contributed by atoms with Crippen LogP contribution in [0, 0.1) is 0 Å². The van der Waals surface area contributed by atoms with Gasteiger partial charge in [-0.05, 0) is 25.1 Å². The van der Waals surface area contributed by atoms with E-state index in [2.05, 4.69) is 5.32 Å². The number of nitrogens with one attached hydrogen (secondary N) is 1. The largest absolute Gasteiger partial charge is 0.480 e. The molecule has 0 aromatic heterocycles. The van der Waals surface area contributed by atoms with Gasteiger partial charge in [0.2, 0.25) is 0 Å². The Morgan fingerprint density at radius 1 is 1.38 bits per heavy atom. The quantitative estimate of drug-likeness (QED) is 0.752. The number of rotatable bonds is 4. The molecule has 16 heavy (non-hydrogen) atoms. The standard InChI is InChI=1S/C10H10ClNO4/c1-5(9(13)14)12-8-4-6(10(15)16)2-3-7(8)11/h2-5,12H,1H3,(H,13,14)(H,15,16).